The van der Waals surface area contributed by atoms with Gasteiger partial charge in [0, 0.05) is 0 Å². The summed E-state index contributed by atoms with van der Waals surface area (Å²) in [7, 11) is 0. The third-order valence-electron chi connectivity index (χ3n) is 5.38. The molecular weight excluding hydrogens is 200 g/mol. The van der Waals surface area contributed by atoms with Crippen molar-refractivity contribution in [3.63, 3.8) is 0 Å². The fourth-order valence-corrected chi connectivity index (χ4v) is 4.42. The minimum atomic E-state index is 0.179. The Bertz CT molecular complexity index is 303. The van der Waals surface area contributed by atoms with Crippen molar-refractivity contribution in [3.05, 3.63) is 0 Å². The van der Waals surface area contributed by atoms with Gasteiger partial charge in [-0.2, -0.15) is 0 Å². The van der Waals surface area contributed by atoms with Gasteiger partial charge in [0.2, 0.25) is 0 Å². The maximum atomic E-state index is 6.18. The fourth-order valence-electron chi connectivity index (χ4n) is 4.42. The van der Waals surface area contributed by atoms with E-state index in [2.05, 4.69) is 0 Å². The van der Waals surface area contributed by atoms with Gasteiger partial charge >= 0.3 is 0 Å². The van der Waals surface area contributed by atoms with Gasteiger partial charge in [-0.3, -0.25) is 0 Å². The second-order valence-corrected chi connectivity index (χ2v) is 6.19. The Balaban J connectivity index is 1.57. The first-order chi connectivity index (χ1) is 7.87. The van der Waals surface area contributed by atoms with Gasteiger partial charge in [0.25, 0.3) is 0 Å². The Morgan fingerprint density at radius 2 is 1.12 bits per heavy atom. The summed E-state index contributed by atoms with van der Waals surface area (Å²) in [6.07, 6.45) is 14.5. The molecule has 2 saturated carbocycles. The van der Waals surface area contributed by atoms with Crippen LogP contribution in [-0.2, 0) is 9.47 Å². The second kappa shape index (κ2) is 3.23. The number of hydrogen-bond donors (Lipinski definition) is 0. The van der Waals surface area contributed by atoms with E-state index in [0.29, 0.717) is 12.2 Å². The van der Waals surface area contributed by atoms with Gasteiger partial charge in [-0.1, -0.05) is 38.5 Å². The molecule has 4 atom stereocenters. The van der Waals surface area contributed by atoms with E-state index in [1.165, 1.54) is 64.2 Å². The van der Waals surface area contributed by atoms with Gasteiger partial charge in [0.15, 0.2) is 0 Å². The van der Waals surface area contributed by atoms with E-state index in [0.717, 1.165) is 0 Å². The topological polar surface area (TPSA) is 25.1 Å². The van der Waals surface area contributed by atoms with Crippen LogP contribution in [0.2, 0.25) is 0 Å². The van der Waals surface area contributed by atoms with Gasteiger partial charge in [-0.05, 0) is 25.7 Å². The lowest BCUT2D eigenvalue weighted by Crippen LogP contribution is -2.40. The Kier molecular flexibility index (Phi) is 2.00. The summed E-state index contributed by atoms with van der Waals surface area (Å²) in [6.45, 7) is 0. The summed E-state index contributed by atoms with van der Waals surface area (Å²) in [5.41, 5.74) is 0.367. The lowest BCUT2D eigenvalue weighted by molar-refractivity contribution is 0.134. The summed E-state index contributed by atoms with van der Waals surface area (Å²) in [5, 5.41) is 0. The Hall–Kier alpha value is -0.0800. The molecule has 0 radical (unpaired) electrons. The Labute approximate surface area is 97.7 Å². The van der Waals surface area contributed by atoms with E-state index < -0.39 is 0 Å². The summed E-state index contributed by atoms with van der Waals surface area (Å²) in [4.78, 5) is 0. The average molecular weight is 222 g/mol. The van der Waals surface area contributed by atoms with Crippen LogP contribution in [0.15, 0.2) is 0 Å². The van der Waals surface area contributed by atoms with Crippen molar-refractivity contribution in [2.75, 3.05) is 0 Å². The zero-order chi connectivity index (χ0) is 10.6. The van der Waals surface area contributed by atoms with E-state index in [4.69, 9.17) is 9.47 Å². The minimum absolute atomic E-state index is 0.179. The molecule has 0 aromatic heterocycles. The summed E-state index contributed by atoms with van der Waals surface area (Å²) in [5.74, 6) is 0. The van der Waals surface area contributed by atoms with Crippen molar-refractivity contribution < 1.29 is 9.47 Å². The highest BCUT2D eigenvalue weighted by Crippen LogP contribution is 2.66. The molecular formula is C14H22O2. The van der Waals surface area contributed by atoms with Crippen LogP contribution in [-0.4, -0.2) is 23.4 Å². The van der Waals surface area contributed by atoms with Crippen LogP contribution in [0.4, 0.5) is 0 Å². The Morgan fingerprint density at radius 3 is 1.81 bits per heavy atom. The van der Waals surface area contributed by atoms with E-state index in [1.807, 2.05) is 0 Å². The lowest BCUT2D eigenvalue weighted by Gasteiger charge is -2.26. The number of hydrogen-bond acceptors (Lipinski definition) is 2. The van der Waals surface area contributed by atoms with Crippen LogP contribution in [0.3, 0.4) is 0 Å². The molecule has 4 fully saturated rings. The summed E-state index contributed by atoms with van der Waals surface area (Å²) >= 11 is 0. The largest absolute Gasteiger partial charge is 0.363 e. The molecule has 2 heterocycles. The van der Waals surface area contributed by atoms with Crippen LogP contribution in [0.1, 0.15) is 64.2 Å². The molecule has 0 spiro atoms. The van der Waals surface area contributed by atoms with E-state index in [-0.39, 0.29) is 11.2 Å². The first kappa shape index (κ1) is 9.90. The van der Waals surface area contributed by atoms with Crippen LogP contribution < -0.4 is 0 Å². The quantitative estimate of drug-likeness (QED) is 0.637. The zero-order valence-corrected chi connectivity index (χ0v) is 10.0. The molecule has 0 bridgehead atoms. The van der Waals surface area contributed by atoms with Gasteiger partial charge in [-0.25, -0.2) is 0 Å². The van der Waals surface area contributed by atoms with Crippen molar-refractivity contribution in [1.82, 2.24) is 0 Å². The molecule has 2 nitrogen and oxygen atoms in total. The normalized spacial score (nSPS) is 55.5. The smallest absolute Gasteiger partial charge is 0.126 e. The van der Waals surface area contributed by atoms with Crippen molar-refractivity contribution in [1.29, 1.82) is 0 Å². The van der Waals surface area contributed by atoms with Crippen LogP contribution in [0.5, 0.6) is 0 Å². The molecule has 0 N–H and O–H groups in total. The predicted molar refractivity (Wildman–Crippen MR) is 61.4 cm³/mol. The van der Waals surface area contributed by atoms with Crippen molar-refractivity contribution in [2.24, 2.45) is 0 Å². The third-order valence-corrected chi connectivity index (χ3v) is 5.38. The number of rotatable bonds is 1. The minimum Gasteiger partial charge on any atom is -0.363 e. The molecule has 0 aromatic rings. The van der Waals surface area contributed by atoms with Crippen LogP contribution >= 0.6 is 0 Å². The molecule has 4 rings (SSSR count). The molecule has 0 amide bonds. The van der Waals surface area contributed by atoms with Crippen molar-refractivity contribution in [2.45, 2.75) is 87.6 Å². The summed E-state index contributed by atoms with van der Waals surface area (Å²) < 4.78 is 12.3. The molecule has 0 aromatic carbocycles. The zero-order valence-electron chi connectivity index (χ0n) is 10.0. The van der Waals surface area contributed by atoms with Crippen molar-refractivity contribution in [3.8, 4) is 0 Å². The number of fused-ring (bicyclic) bond motifs is 3. The predicted octanol–water partition coefficient (Wildman–Crippen LogP) is 3.19. The van der Waals surface area contributed by atoms with E-state index in [1.54, 1.807) is 0 Å². The van der Waals surface area contributed by atoms with Crippen molar-refractivity contribution >= 4 is 0 Å². The monoisotopic (exact) mass is 222 g/mol. The highest BCUT2D eigenvalue weighted by atomic mass is 16.7. The maximum absolute atomic E-state index is 6.18. The number of epoxide rings is 2. The first-order valence-corrected chi connectivity index (χ1v) is 7.23. The van der Waals surface area contributed by atoms with Gasteiger partial charge < -0.3 is 9.47 Å². The van der Waals surface area contributed by atoms with E-state index >= 15 is 0 Å². The average Bonchev–Trinajstić information content (AvgIpc) is 3.13. The first-order valence-electron chi connectivity index (χ1n) is 7.23. The highest BCUT2D eigenvalue weighted by Gasteiger charge is 2.78. The number of ether oxygens (including phenoxy) is 2. The van der Waals surface area contributed by atoms with Gasteiger partial charge in [0.1, 0.15) is 11.2 Å². The molecule has 2 aliphatic heterocycles. The summed E-state index contributed by atoms with van der Waals surface area (Å²) in [6, 6.07) is 0. The highest BCUT2D eigenvalue weighted by molar-refractivity contribution is 5.26. The molecule has 2 heteroatoms. The SMILES string of the molecule is C1CCCC2(C34CCCCC3O4)OC2CC1. The van der Waals surface area contributed by atoms with Gasteiger partial charge in [-0.15, -0.1) is 0 Å². The van der Waals surface area contributed by atoms with Crippen LogP contribution in [0, 0.1) is 0 Å². The molecule has 2 aliphatic carbocycles. The second-order valence-electron chi connectivity index (χ2n) is 6.19. The van der Waals surface area contributed by atoms with E-state index in [9.17, 15) is 0 Å². The fraction of sp³-hybridized carbons (Fsp3) is 1.00. The van der Waals surface area contributed by atoms with Gasteiger partial charge in [0.05, 0.1) is 12.2 Å². The molecule has 4 aliphatic rings. The standard InChI is InChI=1S/C14H22O2/c1-2-5-9-13(11(15-13)7-3-1)14-10-6-4-8-12(14)16-14/h11-12H,1-10H2. The molecule has 90 valence electrons. The molecule has 16 heavy (non-hydrogen) atoms. The molecule has 2 saturated heterocycles. The molecule has 4 unspecified atom stereocenters. The third kappa shape index (κ3) is 1.15. The maximum Gasteiger partial charge on any atom is 0.126 e. The lowest BCUT2D eigenvalue weighted by atomic mass is 9.74. The van der Waals surface area contributed by atoms with Crippen LogP contribution in [0.25, 0.3) is 0 Å². The Morgan fingerprint density at radius 1 is 0.625 bits per heavy atom.